The Balaban J connectivity index is 0.00000385. The maximum Gasteiger partial charge on any atom is 1.00 e. The van der Waals surface area contributed by atoms with E-state index in [1.165, 1.54) is 38.3 Å². The Morgan fingerprint density at radius 2 is 1.76 bits per heavy atom. The molecule has 0 bridgehead atoms. The van der Waals surface area contributed by atoms with E-state index in [2.05, 4.69) is 9.82 Å². The number of sulfonamides is 1. The minimum Gasteiger partial charge on any atom is -0.542 e. The average Bonchev–Trinajstić information content (AvgIpc) is 3.19. The van der Waals surface area contributed by atoms with Gasteiger partial charge in [-0.05, 0) is 55.0 Å². The fourth-order valence-corrected chi connectivity index (χ4v) is 3.74. The van der Waals surface area contributed by atoms with Crippen molar-refractivity contribution in [2.75, 3.05) is 7.11 Å². The molecule has 0 radical (unpaired) electrons. The van der Waals surface area contributed by atoms with Crippen molar-refractivity contribution in [3.8, 4) is 22.7 Å². The van der Waals surface area contributed by atoms with Gasteiger partial charge in [-0.15, -0.1) is 0 Å². The molecule has 0 N–H and O–H groups in total. The number of halogens is 4. The van der Waals surface area contributed by atoms with Crippen LogP contribution in [-0.4, -0.2) is 31.2 Å². The maximum atomic E-state index is 14.9. The van der Waals surface area contributed by atoms with Crippen LogP contribution in [0.2, 0.25) is 0 Å². The molecule has 0 spiro atoms. The summed E-state index contributed by atoms with van der Waals surface area (Å²) in [6.45, 7) is 1.40. The number of carbonyl (C=O) groups is 1. The second kappa shape index (κ2) is 10.2. The molecule has 0 saturated heterocycles. The fourth-order valence-electron chi connectivity index (χ4n) is 2.74. The van der Waals surface area contributed by atoms with E-state index in [0.29, 0.717) is 11.8 Å². The van der Waals surface area contributed by atoms with Crippen LogP contribution in [0.15, 0.2) is 53.4 Å². The Morgan fingerprint density at radius 3 is 2.27 bits per heavy atom. The fraction of sp³-hybridized carbons (Fsp3) is 0.200. The molecule has 13 heteroatoms. The van der Waals surface area contributed by atoms with Crippen molar-refractivity contribution < 1.29 is 65.1 Å². The molecule has 170 valence electrons. The minimum atomic E-state index is -4.80. The molecule has 1 amide bonds. The number of nitrogens with zero attached hydrogens (tertiary/aromatic N) is 3. The zero-order valence-corrected chi connectivity index (χ0v) is 20.5. The molecule has 0 atom stereocenters. The van der Waals surface area contributed by atoms with E-state index in [1.807, 2.05) is 0 Å². The molecule has 1 heterocycles. The van der Waals surface area contributed by atoms with Gasteiger partial charge in [0.2, 0.25) is 0 Å². The first-order chi connectivity index (χ1) is 15.0. The molecule has 3 rings (SSSR count). The van der Waals surface area contributed by atoms with Crippen molar-refractivity contribution in [3.05, 3.63) is 64.8 Å². The number of amides is 1. The number of hydrogen-bond donors (Lipinski definition) is 0. The number of ether oxygens (including phenoxy) is 1. The topological polar surface area (TPSA) is 92.4 Å². The predicted molar refractivity (Wildman–Crippen MR) is 106 cm³/mol. The number of benzene rings is 2. The molecule has 3 aromatic rings. The Bertz CT molecular complexity index is 1260. The summed E-state index contributed by atoms with van der Waals surface area (Å²) in [5, 5.41) is 3.48. The Kier molecular flexibility index (Phi) is 8.33. The van der Waals surface area contributed by atoms with Crippen LogP contribution in [0.1, 0.15) is 19.0 Å². The van der Waals surface area contributed by atoms with Crippen molar-refractivity contribution in [2.24, 2.45) is 0 Å². The third-order valence-electron chi connectivity index (χ3n) is 4.36. The summed E-state index contributed by atoms with van der Waals surface area (Å²) in [6, 6.07) is 9.18. The zero-order chi connectivity index (χ0) is 23.7. The summed E-state index contributed by atoms with van der Waals surface area (Å²) in [5.74, 6) is -1.63. The Hall–Kier alpha value is -2.41. The number of rotatable bonds is 6. The summed E-state index contributed by atoms with van der Waals surface area (Å²) in [7, 11) is -3.05. The van der Waals surface area contributed by atoms with Crippen LogP contribution in [0.5, 0.6) is 5.75 Å². The Morgan fingerprint density at radius 1 is 1.12 bits per heavy atom. The smallest absolute Gasteiger partial charge is 0.542 e. The van der Waals surface area contributed by atoms with Gasteiger partial charge in [0.05, 0.1) is 23.6 Å². The van der Waals surface area contributed by atoms with Gasteiger partial charge in [-0.3, -0.25) is 0 Å². The minimum absolute atomic E-state index is 0. The normalized spacial score (nSPS) is 11.6. The first kappa shape index (κ1) is 26.8. The molecule has 0 aliphatic rings. The molecular formula is C20H16F4N3NaO4S. The van der Waals surface area contributed by atoms with E-state index in [0.717, 1.165) is 22.9 Å². The van der Waals surface area contributed by atoms with Crippen LogP contribution in [0.3, 0.4) is 0 Å². The molecule has 1 aromatic heterocycles. The van der Waals surface area contributed by atoms with Gasteiger partial charge in [0.1, 0.15) is 27.3 Å². The van der Waals surface area contributed by atoms with Crippen molar-refractivity contribution >= 4 is 15.9 Å². The van der Waals surface area contributed by atoms with Crippen LogP contribution in [0.4, 0.5) is 17.6 Å². The van der Waals surface area contributed by atoms with Crippen LogP contribution >= 0.6 is 0 Å². The standard InChI is InChI=1S/C20H17F4N3O4S.Na/c1-3-19(28)26-32(29,30)14-8-9-16(15(21)10-14)27-17(11-18(25-27)20(22,23)24)12-4-6-13(31-2)7-5-12;/h4-11H,3H2,1-2H3,(H,26,28);/q;+1/p-1. The quantitative estimate of drug-likeness (QED) is 0.385. The van der Waals surface area contributed by atoms with Gasteiger partial charge in [-0.1, -0.05) is 6.92 Å². The summed E-state index contributed by atoms with van der Waals surface area (Å²) in [6.07, 6.45) is -4.97. The third kappa shape index (κ3) is 5.94. The number of aromatic nitrogens is 2. The molecule has 0 aliphatic carbocycles. The van der Waals surface area contributed by atoms with E-state index in [9.17, 15) is 30.8 Å². The monoisotopic (exact) mass is 493 g/mol. The largest absolute Gasteiger partial charge is 1.00 e. The number of methoxy groups -OCH3 is 1. The number of carbonyl (C=O) groups excluding carboxylic acids is 1. The number of hydrogen-bond acceptors (Lipinski definition) is 5. The van der Waals surface area contributed by atoms with E-state index < -0.39 is 44.2 Å². The van der Waals surface area contributed by atoms with Gasteiger partial charge >= 0.3 is 35.7 Å². The first-order valence-corrected chi connectivity index (χ1v) is 10.5. The molecule has 33 heavy (non-hydrogen) atoms. The predicted octanol–water partition coefficient (Wildman–Crippen LogP) is 1.71. The second-order valence-corrected chi connectivity index (χ2v) is 8.08. The van der Waals surface area contributed by atoms with Crippen molar-refractivity contribution in [1.82, 2.24) is 9.78 Å². The molecule has 0 fully saturated rings. The molecule has 7 nitrogen and oxygen atoms in total. The number of alkyl halides is 3. The van der Waals surface area contributed by atoms with Gasteiger partial charge in [0, 0.05) is 5.56 Å². The van der Waals surface area contributed by atoms with E-state index >= 15 is 0 Å². The van der Waals surface area contributed by atoms with E-state index in [-0.39, 0.29) is 47.2 Å². The van der Waals surface area contributed by atoms with E-state index in [4.69, 9.17) is 4.74 Å². The summed E-state index contributed by atoms with van der Waals surface area (Å²) < 4.78 is 87.8. The first-order valence-electron chi connectivity index (χ1n) is 9.08. The van der Waals surface area contributed by atoms with Crippen LogP contribution in [0.25, 0.3) is 21.7 Å². The molecule has 2 aromatic carbocycles. The molecule has 0 aliphatic heterocycles. The molecule has 0 saturated carbocycles. The maximum absolute atomic E-state index is 14.9. The SMILES string of the molecule is CCC(=O)[N-]S(=O)(=O)c1ccc(-n2nc(C(F)(F)F)cc2-c2ccc(OC)cc2)c(F)c1.[Na+]. The van der Waals surface area contributed by atoms with Gasteiger partial charge < -0.3 is 14.3 Å². The Labute approximate surface area is 209 Å². The molecular weight excluding hydrogens is 477 g/mol. The van der Waals surface area contributed by atoms with Crippen LogP contribution < -0.4 is 34.3 Å². The van der Waals surface area contributed by atoms with Gasteiger partial charge in [0.15, 0.2) is 5.69 Å². The van der Waals surface area contributed by atoms with Gasteiger partial charge in [-0.25, -0.2) is 17.5 Å². The van der Waals surface area contributed by atoms with E-state index in [1.54, 1.807) is 0 Å². The molecule has 0 unspecified atom stereocenters. The van der Waals surface area contributed by atoms with Gasteiger partial charge in [0.25, 0.3) is 0 Å². The third-order valence-corrected chi connectivity index (χ3v) is 5.65. The summed E-state index contributed by atoms with van der Waals surface area (Å²) in [4.78, 5) is 10.7. The van der Waals surface area contributed by atoms with Crippen molar-refractivity contribution in [1.29, 1.82) is 0 Å². The van der Waals surface area contributed by atoms with Crippen LogP contribution in [0, 0.1) is 5.82 Å². The van der Waals surface area contributed by atoms with Crippen molar-refractivity contribution in [2.45, 2.75) is 24.4 Å². The van der Waals surface area contributed by atoms with Crippen molar-refractivity contribution in [3.63, 3.8) is 0 Å². The van der Waals surface area contributed by atoms with Gasteiger partial charge in [-0.2, -0.15) is 18.3 Å². The summed E-state index contributed by atoms with van der Waals surface area (Å²) >= 11 is 0. The zero-order valence-electron chi connectivity index (χ0n) is 17.7. The second-order valence-electron chi connectivity index (χ2n) is 6.48. The van der Waals surface area contributed by atoms with Crippen LogP contribution in [-0.2, 0) is 21.0 Å². The average molecular weight is 493 g/mol. The summed E-state index contributed by atoms with van der Waals surface area (Å²) in [5.41, 5.74) is -1.48.